The summed E-state index contributed by atoms with van der Waals surface area (Å²) in [5, 5.41) is 9.01. The van der Waals surface area contributed by atoms with Gasteiger partial charge < -0.3 is 23.9 Å². The quantitative estimate of drug-likeness (QED) is 0.822. The highest BCUT2D eigenvalue weighted by atomic mass is 16.5. The van der Waals surface area contributed by atoms with Crippen LogP contribution in [0.4, 0.5) is 0 Å². The van der Waals surface area contributed by atoms with Crippen LogP contribution < -0.4 is 0 Å². The minimum Gasteiger partial charge on any atom is -0.478 e. The van der Waals surface area contributed by atoms with Gasteiger partial charge in [0.2, 0.25) is 0 Å². The maximum Gasteiger partial charge on any atom is 0.339 e. The van der Waals surface area contributed by atoms with E-state index in [-0.39, 0.29) is 24.1 Å². The zero-order valence-electron chi connectivity index (χ0n) is 13.7. The molecule has 128 valence electrons. The first-order valence-electron chi connectivity index (χ1n) is 7.69. The lowest BCUT2D eigenvalue weighted by Crippen LogP contribution is -2.37. The van der Waals surface area contributed by atoms with Crippen molar-refractivity contribution < 1.29 is 28.6 Å². The van der Waals surface area contributed by atoms with Crippen molar-refractivity contribution in [3.8, 4) is 0 Å². The number of aromatic carboxylic acids is 1. The number of rotatable bonds is 7. The van der Waals surface area contributed by atoms with Crippen molar-refractivity contribution in [1.82, 2.24) is 4.90 Å². The minimum atomic E-state index is -1.04. The molecule has 1 aliphatic heterocycles. The molecule has 2 atom stereocenters. The summed E-state index contributed by atoms with van der Waals surface area (Å²) in [6, 6.07) is 1.44. The molecule has 1 aromatic heterocycles. The van der Waals surface area contributed by atoms with Gasteiger partial charge in [0.25, 0.3) is 5.91 Å². The summed E-state index contributed by atoms with van der Waals surface area (Å²) in [5.74, 6) is -0.466. The Morgan fingerprint density at radius 1 is 1.52 bits per heavy atom. The van der Waals surface area contributed by atoms with Gasteiger partial charge in [0.05, 0.1) is 19.3 Å². The van der Waals surface area contributed by atoms with Crippen molar-refractivity contribution in [2.24, 2.45) is 0 Å². The lowest BCUT2D eigenvalue weighted by molar-refractivity contribution is -0.144. The van der Waals surface area contributed by atoms with E-state index in [2.05, 4.69) is 0 Å². The SMILES string of the molecule is Cc1oc(CN(C)C(=O)[C@@H](C)OC[C@H]2CCCO2)cc1C(=O)O. The molecule has 1 aromatic rings. The van der Waals surface area contributed by atoms with Crippen LogP contribution in [0.3, 0.4) is 0 Å². The van der Waals surface area contributed by atoms with Crippen LogP contribution in [0.5, 0.6) is 0 Å². The molecule has 0 spiro atoms. The average Bonchev–Trinajstić information content (AvgIpc) is 3.13. The van der Waals surface area contributed by atoms with E-state index in [1.165, 1.54) is 11.0 Å². The van der Waals surface area contributed by atoms with Gasteiger partial charge in [0.1, 0.15) is 23.2 Å². The Kier molecular flexibility index (Phi) is 5.79. The van der Waals surface area contributed by atoms with Crippen molar-refractivity contribution in [2.75, 3.05) is 20.3 Å². The molecule has 2 rings (SSSR count). The molecule has 0 aromatic carbocycles. The Morgan fingerprint density at radius 2 is 2.26 bits per heavy atom. The number of carboxylic acid groups (broad SMARTS) is 1. The molecule has 1 amide bonds. The fourth-order valence-corrected chi connectivity index (χ4v) is 2.55. The Bertz CT molecular complexity index is 561. The number of aryl methyl sites for hydroxylation is 1. The summed E-state index contributed by atoms with van der Waals surface area (Å²) in [4.78, 5) is 24.7. The molecule has 1 fully saturated rings. The van der Waals surface area contributed by atoms with E-state index in [1.54, 1.807) is 20.9 Å². The van der Waals surface area contributed by atoms with Crippen LogP contribution in [-0.2, 0) is 20.8 Å². The summed E-state index contributed by atoms with van der Waals surface area (Å²) in [6.45, 7) is 4.64. The van der Waals surface area contributed by atoms with E-state index in [4.69, 9.17) is 19.0 Å². The van der Waals surface area contributed by atoms with E-state index in [0.29, 0.717) is 18.1 Å². The van der Waals surface area contributed by atoms with Crippen LogP contribution >= 0.6 is 0 Å². The minimum absolute atomic E-state index is 0.0707. The third-order valence-corrected chi connectivity index (χ3v) is 3.87. The topological polar surface area (TPSA) is 89.2 Å². The van der Waals surface area contributed by atoms with Crippen molar-refractivity contribution in [3.05, 3.63) is 23.2 Å². The first kappa shape index (κ1) is 17.5. The van der Waals surface area contributed by atoms with Gasteiger partial charge >= 0.3 is 5.97 Å². The van der Waals surface area contributed by atoms with Crippen LogP contribution in [-0.4, -0.2) is 54.4 Å². The van der Waals surface area contributed by atoms with E-state index in [9.17, 15) is 9.59 Å². The van der Waals surface area contributed by atoms with Crippen LogP contribution in [0.1, 0.15) is 41.6 Å². The maximum atomic E-state index is 12.3. The number of nitrogens with zero attached hydrogens (tertiary/aromatic N) is 1. The highest BCUT2D eigenvalue weighted by Crippen LogP contribution is 2.17. The number of carbonyl (C=O) groups excluding carboxylic acids is 1. The van der Waals surface area contributed by atoms with Crippen molar-refractivity contribution >= 4 is 11.9 Å². The van der Waals surface area contributed by atoms with Gasteiger partial charge in [0.15, 0.2) is 0 Å². The molecule has 7 heteroatoms. The summed E-state index contributed by atoms with van der Waals surface area (Å²) in [7, 11) is 1.63. The van der Waals surface area contributed by atoms with E-state index in [1.807, 2.05) is 0 Å². The number of carbonyl (C=O) groups is 2. The summed E-state index contributed by atoms with van der Waals surface area (Å²) in [6.07, 6.45) is 1.47. The molecule has 23 heavy (non-hydrogen) atoms. The number of furan rings is 1. The van der Waals surface area contributed by atoms with Crippen LogP contribution in [0.25, 0.3) is 0 Å². The molecule has 2 heterocycles. The van der Waals surface area contributed by atoms with Crippen molar-refractivity contribution in [2.45, 2.75) is 45.4 Å². The van der Waals surface area contributed by atoms with E-state index < -0.39 is 12.1 Å². The van der Waals surface area contributed by atoms with Gasteiger partial charge in [-0.15, -0.1) is 0 Å². The molecule has 0 saturated carbocycles. The molecule has 0 radical (unpaired) electrons. The Morgan fingerprint density at radius 3 is 2.83 bits per heavy atom. The van der Waals surface area contributed by atoms with Gasteiger partial charge in [-0.1, -0.05) is 0 Å². The fraction of sp³-hybridized carbons (Fsp3) is 0.625. The first-order valence-corrected chi connectivity index (χ1v) is 7.69. The normalized spacial score (nSPS) is 18.8. The molecule has 0 unspecified atom stereocenters. The third kappa shape index (κ3) is 4.56. The number of likely N-dealkylation sites (N-methyl/N-ethyl adjacent to an activating group) is 1. The van der Waals surface area contributed by atoms with E-state index >= 15 is 0 Å². The molecule has 1 aliphatic rings. The highest BCUT2D eigenvalue weighted by Gasteiger charge is 2.23. The lowest BCUT2D eigenvalue weighted by atomic mass is 10.2. The largest absolute Gasteiger partial charge is 0.478 e. The second-order valence-corrected chi connectivity index (χ2v) is 5.79. The number of ether oxygens (including phenoxy) is 2. The summed E-state index contributed by atoms with van der Waals surface area (Å²) in [5.41, 5.74) is 0.114. The number of hydrogen-bond acceptors (Lipinski definition) is 5. The van der Waals surface area contributed by atoms with Crippen molar-refractivity contribution in [1.29, 1.82) is 0 Å². The Balaban J connectivity index is 1.86. The second-order valence-electron chi connectivity index (χ2n) is 5.79. The predicted octanol–water partition coefficient (Wildman–Crippen LogP) is 1.83. The molecular formula is C16H23NO6. The lowest BCUT2D eigenvalue weighted by Gasteiger charge is -2.21. The Hall–Kier alpha value is -1.86. The van der Waals surface area contributed by atoms with Crippen LogP contribution in [0.2, 0.25) is 0 Å². The number of hydrogen-bond donors (Lipinski definition) is 1. The van der Waals surface area contributed by atoms with Gasteiger partial charge in [-0.25, -0.2) is 4.79 Å². The first-order chi connectivity index (χ1) is 10.9. The second kappa shape index (κ2) is 7.61. The average molecular weight is 325 g/mol. The summed E-state index contributed by atoms with van der Waals surface area (Å²) >= 11 is 0. The molecule has 0 bridgehead atoms. The van der Waals surface area contributed by atoms with Crippen LogP contribution in [0.15, 0.2) is 10.5 Å². The standard InChI is InChI=1S/C16H23NO6/c1-10-14(16(19)20)7-13(23-10)8-17(3)15(18)11(2)22-9-12-5-4-6-21-12/h7,11-12H,4-6,8-9H2,1-3H3,(H,19,20)/t11-,12-/m1/s1. The van der Waals surface area contributed by atoms with Gasteiger partial charge in [-0.05, 0) is 32.8 Å². The van der Waals surface area contributed by atoms with Gasteiger partial charge in [0, 0.05) is 13.7 Å². The predicted molar refractivity (Wildman–Crippen MR) is 81.3 cm³/mol. The van der Waals surface area contributed by atoms with Gasteiger partial charge in [-0.2, -0.15) is 0 Å². The summed E-state index contributed by atoms with van der Waals surface area (Å²) < 4.78 is 16.4. The van der Waals surface area contributed by atoms with Crippen LogP contribution in [0, 0.1) is 6.92 Å². The van der Waals surface area contributed by atoms with Gasteiger partial charge in [-0.3, -0.25) is 4.79 Å². The Labute approximate surface area is 135 Å². The van der Waals surface area contributed by atoms with E-state index in [0.717, 1.165) is 19.4 Å². The van der Waals surface area contributed by atoms with Crippen molar-refractivity contribution in [3.63, 3.8) is 0 Å². The highest BCUT2D eigenvalue weighted by molar-refractivity contribution is 5.88. The number of amides is 1. The third-order valence-electron chi connectivity index (χ3n) is 3.87. The molecule has 1 saturated heterocycles. The number of carboxylic acids is 1. The molecule has 1 N–H and O–H groups in total. The zero-order chi connectivity index (χ0) is 17.0. The molecular weight excluding hydrogens is 302 g/mol. The maximum absolute atomic E-state index is 12.3. The molecule has 7 nitrogen and oxygen atoms in total. The fourth-order valence-electron chi connectivity index (χ4n) is 2.55. The monoisotopic (exact) mass is 325 g/mol. The molecule has 0 aliphatic carbocycles. The smallest absolute Gasteiger partial charge is 0.339 e. The zero-order valence-corrected chi connectivity index (χ0v) is 13.7.